The lowest BCUT2D eigenvalue weighted by Gasteiger charge is -2.38. The molecule has 0 radical (unpaired) electrons. The SMILES string of the molecule is CCOc1ccc(NC(=S)N(CCO[C@@H]2O[C@H](C(=O)O)[C@@H](O)[C@H](O)[C@H]2O)Cc2cc3cc(C)cc(C)c3[nH]c2=O)cc1. The molecule has 4 rings (SSSR count). The van der Waals surface area contributed by atoms with Crippen molar-refractivity contribution in [2.75, 3.05) is 25.1 Å². The lowest BCUT2D eigenvalue weighted by Crippen LogP contribution is -2.60. The maximum atomic E-state index is 13.1. The number of nitrogens with one attached hydrogen (secondary N) is 2. The van der Waals surface area contributed by atoms with E-state index < -0.39 is 36.7 Å². The summed E-state index contributed by atoms with van der Waals surface area (Å²) in [6, 6.07) is 13.0. The molecule has 0 unspecified atom stereocenters. The molecule has 6 N–H and O–H groups in total. The Bertz CT molecular complexity index is 1480. The third-order valence-electron chi connectivity index (χ3n) is 6.89. The minimum atomic E-state index is -1.83. The van der Waals surface area contributed by atoms with E-state index in [1.54, 1.807) is 29.2 Å². The topological polar surface area (TPSA) is 174 Å². The minimum absolute atomic E-state index is 0.0934. The molecule has 1 aliphatic heterocycles. The second-order valence-electron chi connectivity index (χ2n) is 10.1. The van der Waals surface area contributed by atoms with Gasteiger partial charge in [-0.1, -0.05) is 11.6 Å². The first kappa shape index (κ1) is 31.3. The first-order valence-electron chi connectivity index (χ1n) is 13.4. The summed E-state index contributed by atoms with van der Waals surface area (Å²) in [6.45, 7) is 6.38. The zero-order valence-electron chi connectivity index (χ0n) is 23.4. The Labute approximate surface area is 247 Å². The Kier molecular flexibility index (Phi) is 10.1. The van der Waals surface area contributed by atoms with Crippen LogP contribution in [0.3, 0.4) is 0 Å². The number of benzene rings is 2. The highest BCUT2D eigenvalue weighted by Crippen LogP contribution is 2.23. The molecular formula is C29H35N3O9S. The van der Waals surface area contributed by atoms with Gasteiger partial charge in [-0.2, -0.15) is 0 Å². The number of anilines is 1. The molecule has 13 heteroatoms. The highest BCUT2D eigenvalue weighted by molar-refractivity contribution is 7.80. The number of carbonyl (C=O) groups is 1. The summed E-state index contributed by atoms with van der Waals surface area (Å²) in [5.41, 5.74) is 3.59. The van der Waals surface area contributed by atoms with Gasteiger partial charge in [-0.15, -0.1) is 0 Å². The number of rotatable bonds is 10. The van der Waals surface area contributed by atoms with Crippen molar-refractivity contribution < 1.29 is 39.4 Å². The fourth-order valence-electron chi connectivity index (χ4n) is 4.78. The van der Waals surface area contributed by atoms with Gasteiger partial charge in [0.1, 0.15) is 24.1 Å². The van der Waals surface area contributed by atoms with Gasteiger partial charge in [-0.25, -0.2) is 4.79 Å². The highest BCUT2D eigenvalue weighted by atomic mass is 32.1. The summed E-state index contributed by atoms with van der Waals surface area (Å²) < 4.78 is 16.3. The maximum Gasteiger partial charge on any atom is 0.335 e. The van der Waals surface area contributed by atoms with Gasteiger partial charge in [0.25, 0.3) is 5.56 Å². The van der Waals surface area contributed by atoms with Crippen LogP contribution >= 0.6 is 12.2 Å². The second-order valence-corrected chi connectivity index (χ2v) is 10.5. The molecule has 0 saturated carbocycles. The lowest BCUT2D eigenvalue weighted by molar-refractivity contribution is -0.294. The Morgan fingerprint density at radius 1 is 1.10 bits per heavy atom. The highest BCUT2D eigenvalue weighted by Gasteiger charge is 2.47. The Morgan fingerprint density at radius 2 is 1.81 bits per heavy atom. The summed E-state index contributed by atoms with van der Waals surface area (Å²) in [4.78, 5) is 29.1. The number of aryl methyl sites for hydroxylation is 2. The molecule has 42 heavy (non-hydrogen) atoms. The largest absolute Gasteiger partial charge is 0.494 e. The summed E-state index contributed by atoms with van der Waals surface area (Å²) in [7, 11) is 0. The molecule has 1 fully saturated rings. The number of carboxylic acid groups (broad SMARTS) is 1. The number of thiocarbonyl (C=S) groups is 1. The van der Waals surface area contributed by atoms with Crippen molar-refractivity contribution in [1.82, 2.24) is 9.88 Å². The van der Waals surface area contributed by atoms with E-state index in [1.165, 1.54) is 0 Å². The average molecular weight is 602 g/mol. The molecule has 0 aliphatic carbocycles. The number of hydrogen-bond acceptors (Lipinski definition) is 9. The number of aliphatic carboxylic acids is 1. The maximum absolute atomic E-state index is 13.1. The molecule has 0 amide bonds. The number of fused-ring (bicyclic) bond motifs is 1. The number of nitrogens with zero attached hydrogens (tertiary/aromatic N) is 1. The van der Waals surface area contributed by atoms with Crippen LogP contribution in [0.25, 0.3) is 10.9 Å². The van der Waals surface area contributed by atoms with Crippen molar-refractivity contribution in [3.05, 3.63) is 69.5 Å². The molecule has 1 aliphatic rings. The van der Waals surface area contributed by atoms with E-state index in [4.69, 9.17) is 26.4 Å². The van der Waals surface area contributed by atoms with E-state index in [0.29, 0.717) is 23.6 Å². The van der Waals surface area contributed by atoms with Gasteiger partial charge in [-0.3, -0.25) is 4.79 Å². The van der Waals surface area contributed by atoms with Crippen molar-refractivity contribution in [3.63, 3.8) is 0 Å². The fourth-order valence-corrected chi connectivity index (χ4v) is 5.05. The molecule has 0 spiro atoms. The van der Waals surface area contributed by atoms with Gasteiger partial charge < -0.3 is 49.8 Å². The first-order chi connectivity index (χ1) is 20.0. The van der Waals surface area contributed by atoms with Gasteiger partial charge in [0.15, 0.2) is 17.5 Å². The fraction of sp³-hybridized carbons (Fsp3) is 0.414. The minimum Gasteiger partial charge on any atom is -0.494 e. The van der Waals surface area contributed by atoms with Crippen molar-refractivity contribution in [2.45, 2.75) is 58.0 Å². The third-order valence-corrected chi connectivity index (χ3v) is 7.25. The lowest BCUT2D eigenvalue weighted by atomic mass is 9.99. The van der Waals surface area contributed by atoms with E-state index in [0.717, 1.165) is 22.0 Å². The van der Waals surface area contributed by atoms with E-state index in [9.17, 15) is 30.0 Å². The number of aliphatic hydroxyl groups excluding tert-OH is 3. The summed E-state index contributed by atoms with van der Waals surface area (Å²) in [6.07, 6.45) is -8.60. The zero-order valence-corrected chi connectivity index (χ0v) is 24.3. The Morgan fingerprint density at radius 3 is 2.48 bits per heavy atom. The Balaban J connectivity index is 1.54. The number of ether oxygens (including phenoxy) is 3. The Hall–Kier alpha value is -3.59. The molecule has 3 aromatic rings. The predicted molar refractivity (Wildman–Crippen MR) is 159 cm³/mol. The summed E-state index contributed by atoms with van der Waals surface area (Å²) in [5, 5.41) is 43.9. The number of aliphatic hydroxyl groups is 3. The number of H-pyrrole nitrogens is 1. The van der Waals surface area contributed by atoms with Crippen LogP contribution in [-0.4, -0.2) is 91.9 Å². The molecule has 0 bridgehead atoms. The van der Waals surface area contributed by atoms with Crippen LogP contribution in [0.5, 0.6) is 5.75 Å². The second kappa shape index (κ2) is 13.6. The molecule has 12 nitrogen and oxygen atoms in total. The average Bonchev–Trinajstić information content (AvgIpc) is 2.94. The molecule has 1 saturated heterocycles. The quantitative estimate of drug-likeness (QED) is 0.186. The summed E-state index contributed by atoms with van der Waals surface area (Å²) >= 11 is 5.69. The molecule has 5 atom stereocenters. The third kappa shape index (κ3) is 7.24. The smallest absolute Gasteiger partial charge is 0.335 e. The van der Waals surface area contributed by atoms with Crippen molar-refractivity contribution in [1.29, 1.82) is 0 Å². The van der Waals surface area contributed by atoms with Crippen LogP contribution in [0.2, 0.25) is 0 Å². The van der Waals surface area contributed by atoms with Gasteiger partial charge in [0.05, 0.1) is 25.3 Å². The monoisotopic (exact) mass is 601 g/mol. The van der Waals surface area contributed by atoms with Crippen LogP contribution in [0, 0.1) is 13.8 Å². The van der Waals surface area contributed by atoms with Crippen LogP contribution in [0.15, 0.2) is 47.3 Å². The number of aromatic amines is 1. The molecular weight excluding hydrogens is 566 g/mol. The molecule has 2 heterocycles. The molecule has 1 aromatic heterocycles. The van der Waals surface area contributed by atoms with Crippen LogP contribution in [0.4, 0.5) is 5.69 Å². The van der Waals surface area contributed by atoms with E-state index in [2.05, 4.69) is 10.3 Å². The van der Waals surface area contributed by atoms with Gasteiger partial charge in [-0.05, 0) is 80.3 Å². The number of carboxylic acids is 1. The normalized spacial score (nSPS) is 22.1. The van der Waals surface area contributed by atoms with Crippen LogP contribution in [-0.2, 0) is 20.8 Å². The molecule has 2 aromatic carbocycles. The van der Waals surface area contributed by atoms with E-state index >= 15 is 0 Å². The number of hydrogen-bond donors (Lipinski definition) is 6. The molecule has 226 valence electrons. The van der Waals surface area contributed by atoms with Crippen molar-refractivity contribution >= 4 is 39.9 Å². The van der Waals surface area contributed by atoms with Gasteiger partial charge in [0, 0.05) is 17.8 Å². The number of aromatic nitrogens is 1. The van der Waals surface area contributed by atoms with Crippen LogP contribution in [0.1, 0.15) is 23.6 Å². The summed E-state index contributed by atoms with van der Waals surface area (Å²) in [5.74, 6) is -0.809. The standard InChI is InChI=1S/C29H35N3O9S/c1-4-39-20-7-5-19(6-8-20)30-29(42)32(9-10-40-28-24(35)22(33)23(34)25(41-28)27(37)38)14-18-13-17-12-15(2)11-16(3)21(17)31-26(18)36/h5-8,11-13,22-25,28,33-35H,4,9-10,14H2,1-3H3,(H,30,42)(H,31,36)(H,37,38)/t22-,23-,24+,25-,28+/m0/s1. The van der Waals surface area contributed by atoms with Gasteiger partial charge in [0.2, 0.25) is 0 Å². The predicted octanol–water partition coefficient (Wildman–Crippen LogP) is 1.65. The number of pyridine rings is 1. The zero-order chi connectivity index (χ0) is 30.6. The van der Waals surface area contributed by atoms with Crippen molar-refractivity contribution in [2.24, 2.45) is 0 Å². The van der Waals surface area contributed by atoms with Gasteiger partial charge >= 0.3 is 5.97 Å². The van der Waals surface area contributed by atoms with Crippen LogP contribution < -0.4 is 15.6 Å². The van der Waals surface area contributed by atoms with E-state index in [-0.39, 0.29) is 30.4 Å². The van der Waals surface area contributed by atoms with E-state index in [1.807, 2.05) is 39.0 Å². The first-order valence-corrected chi connectivity index (χ1v) is 13.8. The van der Waals surface area contributed by atoms with Crippen molar-refractivity contribution in [3.8, 4) is 5.75 Å².